The van der Waals surface area contributed by atoms with Gasteiger partial charge in [-0.05, 0) is 36.3 Å². The quantitative estimate of drug-likeness (QED) is 0.829. The molecule has 1 heterocycles. The standard InChI is InChI=1S/C12H16O3/c1-2-9-7-15-11-5-8(6-12(13)14)3-4-10(9)11/h7-8H,2-6H2,1H3,(H,13,14). The maximum atomic E-state index is 10.6. The van der Waals surface area contributed by atoms with Gasteiger partial charge in [0.1, 0.15) is 5.76 Å². The molecule has 0 bridgehead atoms. The van der Waals surface area contributed by atoms with Crippen LogP contribution in [-0.4, -0.2) is 11.1 Å². The molecule has 1 aliphatic rings. The number of carboxylic acids is 1. The number of hydrogen-bond acceptors (Lipinski definition) is 2. The molecule has 0 saturated carbocycles. The maximum Gasteiger partial charge on any atom is 0.303 e. The van der Waals surface area contributed by atoms with Gasteiger partial charge in [0.15, 0.2) is 0 Å². The zero-order chi connectivity index (χ0) is 10.8. The van der Waals surface area contributed by atoms with Crippen LogP contribution in [-0.2, 0) is 24.1 Å². The van der Waals surface area contributed by atoms with Gasteiger partial charge in [0.2, 0.25) is 0 Å². The van der Waals surface area contributed by atoms with E-state index in [9.17, 15) is 4.79 Å². The third-order valence-corrected chi connectivity index (χ3v) is 3.19. The average molecular weight is 208 g/mol. The largest absolute Gasteiger partial charge is 0.481 e. The van der Waals surface area contributed by atoms with Crippen LogP contribution in [0.3, 0.4) is 0 Å². The molecule has 0 fully saturated rings. The van der Waals surface area contributed by atoms with E-state index in [1.54, 1.807) is 0 Å². The predicted molar refractivity (Wildman–Crippen MR) is 55.9 cm³/mol. The predicted octanol–water partition coefficient (Wildman–Crippen LogP) is 2.42. The number of carboxylic acid groups (broad SMARTS) is 1. The van der Waals surface area contributed by atoms with Crippen molar-refractivity contribution < 1.29 is 14.3 Å². The molecule has 0 saturated heterocycles. The molecule has 0 radical (unpaired) electrons. The number of rotatable bonds is 3. The van der Waals surface area contributed by atoms with Crippen LogP contribution in [0.5, 0.6) is 0 Å². The molecule has 82 valence electrons. The van der Waals surface area contributed by atoms with Crippen molar-refractivity contribution in [2.24, 2.45) is 5.92 Å². The second kappa shape index (κ2) is 4.09. The van der Waals surface area contributed by atoms with Crippen molar-refractivity contribution in [3.05, 3.63) is 23.2 Å². The lowest BCUT2D eigenvalue weighted by Crippen LogP contribution is -2.16. The van der Waals surface area contributed by atoms with Crippen LogP contribution in [0.1, 0.15) is 36.7 Å². The molecule has 1 atom stereocenters. The van der Waals surface area contributed by atoms with Crippen molar-refractivity contribution in [2.75, 3.05) is 0 Å². The van der Waals surface area contributed by atoms with Gasteiger partial charge in [-0.15, -0.1) is 0 Å². The monoisotopic (exact) mass is 208 g/mol. The molecule has 1 aromatic heterocycles. The van der Waals surface area contributed by atoms with Crippen molar-refractivity contribution in [1.29, 1.82) is 0 Å². The Bertz CT molecular complexity index is 365. The SMILES string of the molecule is CCc1coc2c1CCC(CC(=O)O)C2. The Kier molecular flexibility index (Phi) is 2.80. The first-order valence-electron chi connectivity index (χ1n) is 5.50. The van der Waals surface area contributed by atoms with E-state index in [2.05, 4.69) is 6.92 Å². The molecule has 2 rings (SSSR count). The fourth-order valence-electron chi connectivity index (χ4n) is 2.37. The van der Waals surface area contributed by atoms with Crippen molar-refractivity contribution in [3.8, 4) is 0 Å². The van der Waals surface area contributed by atoms with Gasteiger partial charge in [0.25, 0.3) is 0 Å². The molecule has 3 heteroatoms. The van der Waals surface area contributed by atoms with E-state index >= 15 is 0 Å². The average Bonchev–Trinajstić information content (AvgIpc) is 2.58. The van der Waals surface area contributed by atoms with Crippen molar-refractivity contribution in [1.82, 2.24) is 0 Å². The van der Waals surface area contributed by atoms with Crippen LogP contribution in [0.2, 0.25) is 0 Å². The fraction of sp³-hybridized carbons (Fsp3) is 0.583. The molecule has 1 aromatic rings. The van der Waals surface area contributed by atoms with E-state index in [1.165, 1.54) is 11.1 Å². The van der Waals surface area contributed by atoms with Gasteiger partial charge in [-0.3, -0.25) is 4.79 Å². The number of fused-ring (bicyclic) bond motifs is 1. The first kappa shape index (κ1) is 10.3. The summed E-state index contributed by atoms with van der Waals surface area (Å²) < 4.78 is 5.50. The van der Waals surface area contributed by atoms with Crippen LogP contribution in [0.25, 0.3) is 0 Å². The lowest BCUT2D eigenvalue weighted by molar-refractivity contribution is -0.138. The van der Waals surface area contributed by atoms with Gasteiger partial charge >= 0.3 is 5.97 Å². The highest BCUT2D eigenvalue weighted by atomic mass is 16.4. The van der Waals surface area contributed by atoms with Gasteiger partial charge in [-0.1, -0.05) is 6.92 Å². The van der Waals surface area contributed by atoms with Gasteiger partial charge < -0.3 is 9.52 Å². The third kappa shape index (κ3) is 2.06. The molecular formula is C12H16O3. The fourth-order valence-corrected chi connectivity index (χ4v) is 2.37. The van der Waals surface area contributed by atoms with Gasteiger partial charge in [-0.2, -0.15) is 0 Å². The Labute approximate surface area is 89.1 Å². The van der Waals surface area contributed by atoms with Crippen molar-refractivity contribution in [2.45, 2.75) is 39.0 Å². The second-order valence-electron chi connectivity index (χ2n) is 4.22. The number of furan rings is 1. The Morgan fingerprint density at radius 1 is 1.67 bits per heavy atom. The van der Waals surface area contributed by atoms with Crippen LogP contribution in [0.4, 0.5) is 0 Å². The minimum absolute atomic E-state index is 0.255. The summed E-state index contributed by atoms with van der Waals surface area (Å²) in [5.41, 5.74) is 2.62. The smallest absolute Gasteiger partial charge is 0.303 e. The molecule has 1 unspecified atom stereocenters. The summed E-state index contributed by atoms with van der Waals surface area (Å²) >= 11 is 0. The first-order chi connectivity index (χ1) is 7.20. The van der Waals surface area contributed by atoms with E-state index < -0.39 is 5.97 Å². The maximum absolute atomic E-state index is 10.6. The van der Waals surface area contributed by atoms with Crippen LogP contribution in [0, 0.1) is 5.92 Å². The highest BCUT2D eigenvalue weighted by Crippen LogP contribution is 2.31. The Balaban J connectivity index is 2.10. The van der Waals surface area contributed by atoms with Crippen molar-refractivity contribution >= 4 is 5.97 Å². The molecule has 1 N–H and O–H groups in total. The van der Waals surface area contributed by atoms with E-state index in [0.717, 1.165) is 31.4 Å². The molecule has 15 heavy (non-hydrogen) atoms. The summed E-state index contributed by atoms with van der Waals surface area (Å²) in [6.45, 7) is 2.12. The zero-order valence-corrected chi connectivity index (χ0v) is 8.95. The number of aryl methyl sites for hydroxylation is 1. The molecule has 0 aromatic carbocycles. The highest BCUT2D eigenvalue weighted by Gasteiger charge is 2.24. The zero-order valence-electron chi connectivity index (χ0n) is 8.95. The molecule has 0 aliphatic heterocycles. The lowest BCUT2D eigenvalue weighted by atomic mass is 9.85. The topological polar surface area (TPSA) is 50.4 Å². The highest BCUT2D eigenvalue weighted by molar-refractivity contribution is 5.67. The molecule has 0 amide bonds. The minimum Gasteiger partial charge on any atom is -0.481 e. The first-order valence-corrected chi connectivity index (χ1v) is 5.50. The van der Waals surface area contributed by atoms with Crippen molar-refractivity contribution in [3.63, 3.8) is 0 Å². The number of hydrogen-bond donors (Lipinski definition) is 1. The molecule has 3 nitrogen and oxygen atoms in total. The molecule has 0 spiro atoms. The summed E-state index contributed by atoms with van der Waals surface area (Å²) in [4.78, 5) is 10.6. The van der Waals surface area contributed by atoms with E-state index in [1.807, 2.05) is 6.26 Å². The Morgan fingerprint density at radius 3 is 3.13 bits per heavy atom. The lowest BCUT2D eigenvalue weighted by Gasteiger charge is -2.19. The van der Waals surface area contributed by atoms with Gasteiger partial charge in [0, 0.05) is 12.8 Å². The minimum atomic E-state index is -0.703. The van der Waals surface area contributed by atoms with Crippen LogP contribution in [0.15, 0.2) is 10.7 Å². The number of aliphatic carboxylic acids is 1. The normalized spacial score (nSPS) is 19.9. The van der Waals surface area contributed by atoms with Gasteiger partial charge in [-0.25, -0.2) is 0 Å². The van der Waals surface area contributed by atoms with Crippen LogP contribution < -0.4 is 0 Å². The van der Waals surface area contributed by atoms with Crippen LogP contribution >= 0.6 is 0 Å². The third-order valence-electron chi connectivity index (χ3n) is 3.19. The van der Waals surface area contributed by atoms with Gasteiger partial charge in [0.05, 0.1) is 6.26 Å². The summed E-state index contributed by atoms with van der Waals surface area (Å²) in [7, 11) is 0. The van der Waals surface area contributed by atoms with E-state index in [-0.39, 0.29) is 12.3 Å². The Morgan fingerprint density at radius 2 is 2.47 bits per heavy atom. The van der Waals surface area contributed by atoms with E-state index in [4.69, 9.17) is 9.52 Å². The summed E-state index contributed by atoms with van der Waals surface area (Å²) in [5.74, 6) is 0.570. The second-order valence-corrected chi connectivity index (χ2v) is 4.22. The molecule has 1 aliphatic carbocycles. The summed E-state index contributed by atoms with van der Waals surface area (Å²) in [6.07, 6.45) is 5.85. The summed E-state index contributed by atoms with van der Waals surface area (Å²) in [6, 6.07) is 0. The Hall–Kier alpha value is -1.25. The molecular weight excluding hydrogens is 192 g/mol. The van der Waals surface area contributed by atoms with E-state index in [0.29, 0.717) is 0 Å². The summed E-state index contributed by atoms with van der Waals surface area (Å²) in [5, 5.41) is 8.73. The number of carbonyl (C=O) groups is 1.